The summed E-state index contributed by atoms with van der Waals surface area (Å²) < 4.78 is 16.6. The Balaban J connectivity index is 1.77. The molecule has 21 heavy (non-hydrogen) atoms. The van der Waals surface area contributed by atoms with Crippen LogP contribution in [0.2, 0.25) is 0 Å². The van der Waals surface area contributed by atoms with E-state index < -0.39 is 35.2 Å². The number of aliphatic hydroxyl groups is 2. The lowest BCUT2D eigenvalue weighted by Gasteiger charge is -2.30. The number of carbonyl (C=O) groups is 1. The van der Waals surface area contributed by atoms with Crippen LogP contribution in [0.3, 0.4) is 0 Å². The van der Waals surface area contributed by atoms with Crippen molar-refractivity contribution in [2.45, 2.75) is 75.3 Å². The van der Waals surface area contributed by atoms with Crippen molar-refractivity contribution in [2.24, 2.45) is 0 Å². The maximum Gasteiger partial charge on any atom is 0.336 e. The first-order chi connectivity index (χ1) is 9.69. The molecule has 0 amide bonds. The minimum atomic E-state index is -1.80. The lowest BCUT2D eigenvalue weighted by molar-refractivity contribution is -0.190. The van der Waals surface area contributed by atoms with Crippen LogP contribution in [0, 0.1) is 0 Å². The van der Waals surface area contributed by atoms with Crippen molar-refractivity contribution in [3.05, 3.63) is 11.1 Å². The molecule has 0 radical (unpaired) electrons. The molecule has 0 unspecified atom stereocenters. The Labute approximate surface area is 122 Å². The second-order valence-corrected chi connectivity index (χ2v) is 7.14. The van der Waals surface area contributed by atoms with E-state index in [0.717, 1.165) is 12.8 Å². The third kappa shape index (κ3) is 1.76. The molecule has 0 aromatic carbocycles. The van der Waals surface area contributed by atoms with Crippen LogP contribution >= 0.6 is 0 Å². The molecule has 6 atom stereocenters. The SMILES string of the molecule is CC1=C2[C@@H](O)[C@@H]3O[C@]3(C)CC[C@H]3O[C@@]3(C)C[C@@]2(O)OC1=O. The van der Waals surface area contributed by atoms with Gasteiger partial charge in [0.05, 0.1) is 17.3 Å². The highest BCUT2D eigenvalue weighted by molar-refractivity contribution is 5.92. The number of carbonyl (C=O) groups excluding carboxylic acids is 1. The minimum absolute atomic E-state index is 0.0271. The van der Waals surface area contributed by atoms with Crippen LogP contribution in [0.15, 0.2) is 11.1 Å². The van der Waals surface area contributed by atoms with Gasteiger partial charge in [0.1, 0.15) is 12.2 Å². The van der Waals surface area contributed by atoms with E-state index >= 15 is 0 Å². The van der Waals surface area contributed by atoms with Crippen molar-refractivity contribution < 1.29 is 29.2 Å². The predicted molar refractivity (Wildman–Crippen MR) is 70.2 cm³/mol. The molecular formula is C15H20O6. The van der Waals surface area contributed by atoms with Crippen LogP contribution in [0.25, 0.3) is 0 Å². The van der Waals surface area contributed by atoms with E-state index in [4.69, 9.17) is 14.2 Å². The van der Waals surface area contributed by atoms with Gasteiger partial charge >= 0.3 is 5.97 Å². The van der Waals surface area contributed by atoms with Gasteiger partial charge in [-0.05, 0) is 33.6 Å². The largest absolute Gasteiger partial charge is 0.426 e. The average Bonchev–Trinajstić information content (AvgIpc) is 3.19. The molecule has 2 N–H and O–H groups in total. The molecule has 3 heterocycles. The Kier molecular flexibility index (Phi) is 2.40. The van der Waals surface area contributed by atoms with E-state index in [-0.39, 0.29) is 23.7 Å². The van der Waals surface area contributed by atoms with Crippen molar-refractivity contribution in [1.29, 1.82) is 0 Å². The molecule has 4 rings (SSSR count). The predicted octanol–water partition coefficient (Wildman–Crippen LogP) is 0.408. The normalized spacial score (nSPS) is 55.3. The van der Waals surface area contributed by atoms with Gasteiger partial charge in [-0.15, -0.1) is 0 Å². The third-order valence-electron chi connectivity index (χ3n) is 5.44. The van der Waals surface area contributed by atoms with Crippen molar-refractivity contribution in [3.63, 3.8) is 0 Å². The summed E-state index contributed by atoms with van der Waals surface area (Å²) in [6, 6.07) is 0. The molecule has 6 heteroatoms. The molecule has 116 valence electrons. The maximum atomic E-state index is 11.9. The molecule has 3 aliphatic heterocycles. The zero-order valence-electron chi connectivity index (χ0n) is 12.4. The van der Waals surface area contributed by atoms with Gasteiger partial charge in [-0.1, -0.05) is 0 Å². The van der Waals surface area contributed by atoms with Gasteiger partial charge in [-0.3, -0.25) is 0 Å². The summed E-state index contributed by atoms with van der Waals surface area (Å²) in [5, 5.41) is 21.4. The van der Waals surface area contributed by atoms with E-state index in [0.29, 0.717) is 0 Å². The van der Waals surface area contributed by atoms with E-state index in [9.17, 15) is 15.0 Å². The highest BCUT2D eigenvalue weighted by atomic mass is 16.7. The summed E-state index contributed by atoms with van der Waals surface area (Å²) in [5.74, 6) is -2.39. The van der Waals surface area contributed by atoms with Crippen molar-refractivity contribution in [3.8, 4) is 0 Å². The molecule has 4 aliphatic rings. The number of rotatable bonds is 0. The fourth-order valence-electron chi connectivity index (χ4n) is 3.98. The fraction of sp³-hybridized carbons (Fsp3) is 0.800. The van der Waals surface area contributed by atoms with Crippen LogP contribution in [-0.2, 0) is 19.0 Å². The number of esters is 1. The van der Waals surface area contributed by atoms with Gasteiger partial charge in [0.25, 0.3) is 0 Å². The molecule has 0 spiro atoms. The summed E-state index contributed by atoms with van der Waals surface area (Å²) in [4.78, 5) is 11.9. The van der Waals surface area contributed by atoms with Crippen LogP contribution in [0.5, 0.6) is 0 Å². The van der Waals surface area contributed by atoms with E-state index in [2.05, 4.69) is 0 Å². The minimum Gasteiger partial charge on any atom is -0.426 e. The summed E-state index contributed by atoms with van der Waals surface area (Å²) in [7, 11) is 0. The summed E-state index contributed by atoms with van der Waals surface area (Å²) in [5.41, 5.74) is -0.450. The number of fused-ring (bicyclic) bond motifs is 3. The molecule has 1 saturated carbocycles. The van der Waals surface area contributed by atoms with E-state index in [1.54, 1.807) is 6.92 Å². The Hall–Kier alpha value is -0.950. The first-order valence-corrected chi connectivity index (χ1v) is 7.39. The molecule has 0 aromatic heterocycles. The standard InChI is InChI=1S/C15H20O6/c1-7-9-10(16)11-13(2,20-11)5-4-8-14(3,19-8)6-15(9,18)21-12(7)17/h8,10-11,16,18H,4-6H2,1-3H3/t8-,10-,11+,13-,14+,15-/m1/s1. The molecule has 6 nitrogen and oxygen atoms in total. The Morgan fingerprint density at radius 3 is 2.67 bits per heavy atom. The highest BCUT2D eigenvalue weighted by Crippen LogP contribution is 2.55. The maximum absolute atomic E-state index is 11.9. The first-order valence-electron chi connectivity index (χ1n) is 7.39. The summed E-state index contributed by atoms with van der Waals surface area (Å²) in [6.07, 6.45) is 0.312. The zero-order chi connectivity index (χ0) is 15.2. The summed E-state index contributed by atoms with van der Waals surface area (Å²) in [6.45, 7) is 5.41. The quantitative estimate of drug-likeness (QED) is 0.497. The molecule has 3 fully saturated rings. The molecule has 0 aromatic rings. The van der Waals surface area contributed by atoms with E-state index in [1.807, 2.05) is 13.8 Å². The lowest BCUT2D eigenvalue weighted by Crippen LogP contribution is -2.43. The number of hydrogen-bond donors (Lipinski definition) is 2. The van der Waals surface area contributed by atoms with E-state index in [1.165, 1.54) is 0 Å². The van der Waals surface area contributed by atoms with Crippen molar-refractivity contribution in [2.75, 3.05) is 0 Å². The second-order valence-electron chi connectivity index (χ2n) is 7.14. The smallest absolute Gasteiger partial charge is 0.336 e. The van der Waals surface area contributed by atoms with Crippen LogP contribution < -0.4 is 0 Å². The topological polar surface area (TPSA) is 91.8 Å². The van der Waals surface area contributed by atoms with Gasteiger partial charge in [-0.25, -0.2) is 4.79 Å². The number of aliphatic hydroxyl groups excluding tert-OH is 1. The van der Waals surface area contributed by atoms with Gasteiger partial charge in [0.2, 0.25) is 5.79 Å². The van der Waals surface area contributed by atoms with Crippen LogP contribution in [-0.4, -0.2) is 51.5 Å². The van der Waals surface area contributed by atoms with Crippen molar-refractivity contribution in [1.82, 2.24) is 0 Å². The van der Waals surface area contributed by atoms with Gasteiger partial charge in [-0.2, -0.15) is 0 Å². The fourth-order valence-corrected chi connectivity index (χ4v) is 3.98. The van der Waals surface area contributed by atoms with Gasteiger partial charge in [0, 0.05) is 17.6 Å². The van der Waals surface area contributed by atoms with Crippen molar-refractivity contribution >= 4 is 5.97 Å². The van der Waals surface area contributed by atoms with Crippen LogP contribution in [0.4, 0.5) is 0 Å². The Morgan fingerprint density at radius 2 is 1.95 bits per heavy atom. The highest BCUT2D eigenvalue weighted by Gasteiger charge is 2.67. The number of ether oxygens (including phenoxy) is 3. The first kappa shape index (κ1) is 13.7. The van der Waals surface area contributed by atoms with Gasteiger partial charge < -0.3 is 24.4 Å². The number of hydrogen-bond acceptors (Lipinski definition) is 6. The summed E-state index contributed by atoms with van der Waals surface area (Å²) >= 11 is 0. The monoisotopic (exact) mass is 296 g/mol. The molecule has 2 saturated heterocycles. The molecular weight excluding hydrogens is 276 g/mol. The Morgan fingerprint density at radius 1 is 1.24 bits per heavy atom. The number of epoxide rings is 2. The Bertz CT molecular complexity index is 571. The second kappa shape index (κ2) is 3.68. The molecule has 0 bridgehead atoms. The average molecular weight is 296 g/mol. The van der Waals surface area contributed by atoms with Gasteiger partial charge in [0.15, 0.2) is 0 Å². The van der Waals surface area contributed by atoms with Crippen LogP contribution in [0.1, 0.15) is 40.0 Å². The third-order valence-corrected chi connectivity index (χ3v) is 5.44. The molecule has 1 aliphatic carbocycles. The zero-order valence-corrected chi connectivity index (χ0v) is 12.4. The lowest BCUT2D eigenvalue weighted by atomic mass is 9.82.